The van der Waals surface area contributed by atoms with Gasteiger partial charge in [-0.15, -0.1) is 0 Å². The largest absolute Gasteiger partial charge is 0.467 e. The summed E-state index contributed by atoms with van der Waals surface area (Å²) in [7, 11) is 1.13. The molecule has 0 heterocycles. The Morgan fingerprint density at radius 2 is 2.27 bits per heavy atom. The second kappa shape index (κ2) is 4.92. The van der Waals surface area contributed by atoms with Crippen molar-refractivity contribution in [3.63, 3.8) is 0 Å². The number of carbonyl (C=O) groups excluding carboxylic acids is 1. The van der Waals surface area contributed by atoms with E-state index < -0.39 is 17.9 Å². The minimum absolute atomic E-state index is 0.0482. The van der Waals surface area contributed by atoms with E-state index in [1.807, 2.05) is 0 Å². The van der Waals surface area contributed by atoms with Crippen molar-refractivity contribution in [2.24, 2.45) is 0 Å². The number of methoxy groups -OCH3 is 1. The summed E-state index contributed by atoms with van der Waals surface area (Å²) in [5.41, 5.74) is 0.0729. The number of aliphatic hydroxyl groups is 1. The molecule has 0 aliphatic carbocycles. The summed E-state index contributed by atoms with van der Waals surface area (Å²) in [5.74, 6) is -1.59. The molecule has 15 heavy (non-hydrogen) atoms. The molecule has 1 aromatic carbocycles. The molecule has 1 rings (SSSR count). The molecule has 6 heteroatoms. The van der Waals surface area contributed by atoms with E-state index in [0.717, 1.165) is 7.11 Å². The zero-order valence-electron chi connectivity index (χ0n) is 7.63. The highest BCUT2D eigenvalue weighted by molar-refractivity contribution is 9.10. The minimum Gasteiger partial charge on any atom is -0.467 e. The highest BCUT2D eigenvalue weighted by Gasteiger charge is 2.23. The summed E-state index contributed by atoms with van der Waals surface area (Å²) in [5, 5.41) is 9.38. The molecular weight excluding hydrogens is 290 g/mol. The van der Waals surface area contributed by atoms with Crippen LogP contribution in [0.2, 0.25) is 5.02 Å². The van der Waals surface area contributed by atoms with Gasteiger partial charge in [0, 0.05) is 5.56 Å². The number of halogens is 3. The second-order valence-electron chi connectivity index (χ2n) is 2.69. The number of rotatable bonds is 2. The van der Waals surface area contributed by atoms with Gasteiger partial charge in [0.25, 0.3) is 0 Å². The lowest BCUT2D eigenvalue weighted by Gasteiger charge is -2.11. The molecular formula is C9H7BrClFO3. The van der Waals surface area contributed by atoms with Crippen LogP contribution >= 0.6 is 27.5 Å². The molecule has 1 aromatic rings. The average molecular weight is 298 g/mol. The van der Waals surface area contributed by atoms with Gasteiger partial charge >= 0.3 is 5.97 Å². The Morgan fingerprint density at radius 1 is 1.67 bits per heavy atom. The fourth-order valence-electron chi connectivity index (χ4n) is 0.991. The van der Waals surface area contributed by atoms with Gasteiger partial charge in [-0.25, -0.2) is 9.18 Å². The summed E-state index contributed by atoms with van der Waals surface area (Å²) in [6.07, 6.45) is -1.53. The Balaban J connectivity index is 3.16. The van der Waals surface area contributed by atoms with Gasteiger partial charge in [0.1, 0.15) is 0 Å². The first kappa shape index (κ1) is 12.4. The quantitative estimate of drug-likeness (QED) is 0.674. The summed E-state index contributed by atoms with van der Waals surface area (Å²) in [4.78, 5) is 11.0. The zero-order valence-corrected chi connectivity index (χ0v) is 9.97. The molecule has 1 N–H and O–H groups in total. The van der Waals surface area contributed by atoms with Crippen molar-refractivity contribution in [2.75, 3.05) is 7.11 Å². The number of benzene rings is 1. The van der Waals surface area contributed by atoms with Crippen LogP contribution in [0.25, 0.3) is 0 Å². The number of ether oxygens (including phenoxy) is 1. The van der Waals surface area contributed by atoms with E-state index in [9.17, 15) is 14.3 Å². The maximum Gasteiger partial charge on any atom is 0.339 e. The van der Waals surface area contributed by atoms with Gasteiger partial charge in [-0.3, -0.25) is 0 Å². The van der Waals surface area contributed by atoms with E-state index in [0.29, 0.717) is 0 Å². The van der Waals surface area contributed by atoms with Crippen molar-refractivity contribution in [3.8, 4) is 0 Å². The third-order valence-electron chi connectivity index (χ3n) is 1.78. The molecule has 1 atom stereocenters. The lowest BCUT2D eigenvalue weighted by molar-refractivity contribution is -0.150. The van der Waals surface area contributed by atoms with Crippen LogP contribution in [0.3, 0.4) is 0 Å². The molecule has 0 aliphatic rings. The molecule has 0 bridgehead atoms. The monoisotopic (exact) mass is 296 g/mol. The summed E-state index contributed by atoms with van der Waals surface area (Å²) in [6, 6.07) is 2.60. The van der Waals surface area contributed by atoms with E-state index in [4.69, 9.17) is 11.6 Å². The molecule has 0 saturated carbocycles. The van der Waals surface area contributed by atoms with Gasteiger partial charge in [0.15, 0.2) is 11.9 Å². The van der Waals surface area contributed by atoms with Crippen LogP contribution < -0.4 is 0 Å². The van der Waals surface area contributed by atoms with Crippen LogP contribution in [0.15, 0.2) is 16.6 Å². The number of aliphatic hydroxyl groups excluding tert-OH is 1. The van der Waals surface area contributed by atoms with Crippen molar-refractivity contribution in [3.05, 3.63) is 33.0 Å². The van der Waals surface area contributed by atoms with Crippen molar-refractivity contribution in [1.82, 2.24) is 0 Å². The highest BCUT2D eigenvalue weighted by Crippen LogP contribution is 2.30. The first-order valence-electron chi connectivity index (χ1n) is 3.88. The van der Waals surface area contributed by atoms with Crippen molar-refractivity contribution < 1.29 is 19.0 Å². The van der Waals surface area contributed by atoms with Crippen LogP contribution in [-0.2, 0) is 9.53 Å². The first-order chi connectivity index (χ1) is 6.99. The maximum absolute atomic E-state index is 13.3. The van der Waals surface area contributed by atoms with Gasteiger partial charge < -0.3 is 9.84 Å². The van der Waals surface area contributed by atoms with Crippen molar-refractivity contribution in [2.45, 2.75) is 6.10 Å². The van der Waals surface area contributed by atoms with Crippen LogP contribution in [0.4, 0.5) is 4.39 Å². The molecule has 0 saturated heterocycles. The van der Waals surface area contributed by atoms with Crippen LogP contribution in [-0.4, -0.2) is 18.2 Å². The Bertz CT molecular complexity index is 397. The van der Waals surface area contributed by atoms with Crippen LogP contribution in [0.1, 0.15) is 11.7 Å². The molecule has 0 amide bonds. The Hall–Kier alpha value is -0.650. The lowest BCUT2D eigenvalue weighted by atomic mass is 10.1. The standard InChI is InChI=1S/C9H7BrClFO3/c1-15-9(14)8(13)4-2-3-5(11)7(12)6(4)10/h2-3,8,13H,1H3. The summed E-state index contributed by atoms with van der Waals surface area (Å²) in [6.45, 7) is 0. The third kappa shape index (κ3) is 2.48. The third-order valence-corrected chi connectivity index (χ3v) is 2.88. The summed E-state index contributed by atoms with van der Waals surface area (Å²) < 4.78 is 17.6. The Labute approximate surface area is 98.9 Å². The highest BCUT2D eigenvalue weighted by atomic mass is 79.9. The predicted molar refractivity (Wildman–Crippen MR) is 56.1 cm³/mol. The van der Waals surface area contributed by atoms with E-state index in [1.54, 1.807) is 0 Å². The van der Waals surface area contributed by atoms with Crippen LogP contribution in [0, 0.1) is 5.82 Å². The molecule has 0 radical (unpaired) electrons. The Kier molecular flexibility index (Phi) is 4.07. The van der Waals surface area contributed by atoms with Gasteiger partial charge in [-0.05, 0) is 22.0 Å². The number of carbonyl (C=O) groups is 1. The molecule has 0 aromatic heterocycles. The molecule has 1 unspecified atom stereocenters. The maximum atomic E-state index is 13.3. The number of hydrogen-bond acceptors (Lipinski definition) is 3. The topological polar surface area (TPSA) is 46.5 Å². The van der Waals surface area contributed by atoms with Gasteiger partial charge in [-0.1, -0.05) is 17.7 Å². The average Bonchev–Trinajstić information content (AvgIpc) is 2.24. The first-order valence-corrected chi connectivity index (χ1v) is 5.05. The summed E-state index contributed by atoms with van der Waals surface area (Å²) >= 11 is 8.40. The molecule has 82 valence electrons. The smallest absolute Gasteiger partial charge is 0.339 e. The zero-order chi connectivity index (χ0) is 11.6. The number of hydrogen-bond donors (Lipinski definition) is 1. The lowest BCUT2D eigenvalue weighted by Crippen LogP contribution is -2.14. The van der Waals surface area contributed by atoms with Crippen LogP contribution in [0.5, 0.6) is 0 Å². The predicted octanol–water partition coefficient (Wildman–Crippen LogP) is 2.45. The molecule has 3 nitrogen and oxygen atoms in total. The normalized spacial score (nSPS) is 12.3. The second-order valence-corrected chi connectivity index (χ2v) is 3.89. The Morgan fingerprint density at radius 3 is 2.80 bits per heavy atom. The van der Waals surface area contributed by atoms with Gasteiger partial charge in [-0.2, -0.15) is 0 Å². The van der Waals surface area contributed by atoms with Crippen molar-refractivity contribution in [1.29, 1.82) is 0 Å². The SMILES string of the molecule is COC(=O)C(O)c1ccc(Cl)c(F)c1Br. The van der Waals surface area contributed by atoms with E-state index >= 15 is 0 Å². The van der Waals surface area contributed by atoms with E-state index in [2.05, 4.69) is 20.7 Å². The molecule has 0 aliphatic heterocycles. The molecule has 0 fully saturated rings. The van der Waals surface area contributed by atoms with E-state index in [-0.39, 0.29) is 15.1 Å². The fraction of sp³-hybridized carbons (Fsp3) is 0.222. The van der Waals surface area contributed by atoms with Gasteiger partial charge in [0.05, 0.1) is 16.6 Å². The van der Waals surface area contributed by atoms with Crippen molar-refractivity contribution >= 4 is 33.5 Å². The number of esters is 1. The molecule has 0 spiro atoms. The van der Waals surface area contributed by atoms with E-state index in [1.165, 1.54) is 12.1 Å². The van der Waals surface area contributed by atoms with Gasteiger partial charge in [0.2, 0.25) is 0 Å². The fourth-order valence-corrected chi connectivity index (χ4v) is 1.82. The minimum atomic E-state index is -1.53.